The van der Waals surface area contributed by atoms with Gasteiger partial charge >= 0.3 is 0 Å². The first-order valence-electron chi connectivity index (χ1n) is 3.76. The molecule has 0 aromatic rings. The lowest BCUT2D eigenvalue weighted by Crippen LogP contribution is -2.38. The van der Waals surface area contributed by atoms with E-state index in [1.54, 1.807) is 6.92 Å². The van der Waals surface area contributed by atoms with Gasteiger partial charge in [-0.25, -0.2) is 0 Å². The minimum absolute atomic E-state index is 0.147. The molecular weight excluding hydrogens is 194 g/mol. The van der Waals surface area contributed by atoms with Gasteiger partial charge in [0.05, 0.1) is 0 Å². The second-order valence-corrected chi connectivity index (χ2v) is 6.72. The quantitative estimate of drug-likeness (QED) is 0.444. The van der Waals surface area contributed by atoms with Crippen molar-refractivity contribution >= 4 is 31.8 Å². The van der Waals surface area contributed by atoms with Crippen LogP contribution in [-0.4, -0.2) is 29.0 Å². The molecule has 0 rings (SSSR count). The van der Waals surface area contributed by atoms with Crippen LogP contribution < -0.4 is 4.72 Å². The lowest BCUT2D eigenvalue weighted by molar-refractivity contribution is 0.556. The number of carbonyl (C=O) groups excluding carboxylic acids is 4. The first-order chi connectivity index (χ1) is 6.12. The van der Waals surface area contributed by atoms with Crippen molar-refractivity contribution in [2.24, 2.45) is 0 Å². The Morgan fingerprint density at radius 2 is 1.38 bits per heavy atom. The molecule has 0 amide bonds. The molecule has 0 aromatic heterocycles. The van der Waals surface area contributed by atoms with Crippen molar-refractivity contribution in [2.75, 3.05) is 6.54 Å². The van der Waals surface area contributed by atoms with Crippen molar-refractivity contribution < 1.29 is 19.2 Å². The maximum Gasteiger partial charge on any atom is 0.171 e. The Bertz CT molecular complexity index is 197. The van der Waals surface area contributed by atoms with E-state index in [0.29, 0.717) is 6.42 Å². The summed E-state index contributed by atoms with van der Waals surface area (Å²) in [6.07, 6.45) is 0.626. The van der Waals surface area contributed by atoms with E-state index in [1.165, 1.54) is 0 Å². The molecular formula is C7H13NO4S. The van der Waals surface area contributed by atoms with E-state index in [-0.39, 0.29) is 29.0 Å². The van der Waals surface area contributed by atoms with E-state index in [9.17, 15) is 19.2 Å². The van der Waals surface area contributed by atoms with Crippen molar-refractivity contribution in [2.45, 2.75) is 13.3 Å². The van der Waals surface area contributed by atoms with Gasteiger partial charge in [0.2, 0.25) is 0 Å². The third-order valence-corrected chi connectivity index (χ3v) is 4.50. The molecule has 0 atom stereocenters. The molecule has 0 unspecified atom stereocenters. The fraction of sp³-hybridized carbons (Fsp3) is 0.429. The van der Waals surface area contributed by atoms with Gasteiger partial charge in [-0.2, -0.15) is 0 Å². The summed E-state index contributed by atoms with van der Waals surface area (Å²) in [5.74, 6) is 0. The summed E-state index contributed by atoms with van der Waals surface area (Å²) in [5.41, 5.74) is 0.588. The molecule has 5 nitrogen and oxygen atoms in total. The third-order valence-electron chi connectivity index (χ3n) is 1.67. The minimum Gasteiger partial charge on any atom is -0.292 e. The van der Waals surface area contributed by atoms with Gasteiger partial charge in [0.15, 0.2) is 22.5 Å². The molecule has 0 spiro atoms. The highest BCUT2D eigenvalue weighted by Crippen LogP contribution is 2.54. The minimum atomic E-state index is -4.20. The van der Waals surface area contributed by atoms with E-state index in [4.69, 9.17) is 0 Å². The van der Waals surface area contributed by atoms with E-state index in [2.05, 4.69) is 4.72 Å². The normalized spacial score (nSPS) is 13.8. The summed E-state index contributed by atoms with van der Waals surface area (Å²) in [6, 6.07) is 0. The van der Waals surface area contributed by atoms with Gasteiger partial charge < -0.3 is 0 Å². The van der Waals surface area contributed by atoms with Crippen LogP contribution in [0.1, 0.15) is 13.3 Å². The van der Waals surface area contributed by atoms with Gasteiger partial charge in [-0.05, 0) is 6.42 Å². The highest BCUT2D eigenvalue weighted by atomic mass is 32.3. The van der Waals surface area contributed by atoms with Crippen molar-refractivity contribution in [1.29, 1.82) is 0 Å². The topological polar surface area (TPSA) is 80.3 Å². The van der Waals surface area contributed by atoms with Crippen LogP contribution in [0.3, 0.4) is 0 Å². The van der Waals surface area contributed by atoms with Crippen molar-refractivity contribution in [1.82, 2.24) is 4.72 Å². The first-order valence-corrected chi connectivity index (χ1v) is 6.27. The van der Waals surface area contributed by atoms with E-state index in [0.717, 1.165) is 0 Å². The van der Waals surface area contributed by atoms with Crippen molar-refractivity contribution in [3.05, 3.63) is 0 Å². The van der Waals surface area contributed by atoms with Crippen molar-refractivity contribution in [3.8, 4) is 0 Å². The van der Waals surface area contributed by atoms with Gasteiger partial charge in [-0.3, -0.25) is 23.9 Å². The summed E-state index contributed by atoms with van der Waals surface area (Å²) < 4.78 is 2.45. The largest absolute Gasteiger partial charge is 0.292 e. The van der Waals surface area contributed by atoms with Crippen LogP contribution in [0.2, 0.25) is 0 Å². The summed E-state index contributed by atoms with van der Waals surface area (Å²) in [7, 11) is -4.20. The number of hydrogen-bond donors (Lipinski definition) is 2. The monoisotopic (exact) mass is 207 g/mol. The molecule has 0 heterocycles. The Balaban J connectivity index is 5.06. The zero-order valence-corrected chi connectivity index (χ0v) is 8.20. The molecule has 0 saturated heterocycles. The smallest absolute Gasteiger partial charge is 0.171 e. The number of nitrogens with one attached hydrogen (secondary N) is 1. The van der Waals surface area contributed by atoms with Gasteiger partial charge in [0.25, 0.3) is 0 Å². The molecule has 13 heavy (non-hydrogen) atoms. The predicted molar refractivity (Wildman–Crippen MR) is 54.3 cm³/mol. The molecule has 0 aliphatic rings. The molecule has 0 aromatic carbocycles. The second kappa shape index (κ2) is 4.29. The Morgan fingerprint density at radius 3 is 1.62 bits per heavy atom. The first kappa shape index (κ1) is 12.0. The number of carbonyl (C=O) groups is 4. The maximum absolute atomic E-state index is 10.6. The predicted octanol–water partition coefficient (Wildman–Crippen LogP) is -0.266. The summed E-state index contributed by atoms with van der Waals surface area (Å²) in [5, 5.41) is 0. The average molecular weight is 207 g/mol. The van der Waals surface area contributed by atoms with Crippen LogP contribution in [0.25, 0.3) is 0 Å². The number of rotatable bonds is 7. The lowest BCUT2D eigenvalue weighted by Gasteiger charge is -2.40. The number of thiol groups is 1. The molecule has 76 valence electrons. The van der Waals surface area contributed by atoms with Gasteiger partial charge in [-0.1, -0.05) is 16.3 Å². The molecule has 6 heteroatoms. The Morgan fingerprint density at radius 1 is 1.00 bits per heavy atom. The standard InChI is InChI=1S/C7H13NO4S/c1-2-3-8-13(4-9,5-10,6-11)7-12/h4-8,13H,2-3H2,1H3. The van der Waals surface area contributed by atoms with Crippen LogP contribution in [-0.2, 0) is 19.2 Å². The van der Waals surface area contributed by atoms with E-state index < -0.39 is 9.35 Å². The Kier molecular flexibility index (Phi) is 3.96. The highest BCUT2D eigenvalue weighted by Gasteiger charge is 2.39. The summed E-state index contributed by atoms with van der Waals surface area (Å²) >= 11 is 0. The van der Waals surface area contributed by atoms with E-state index >= 15 is 0 Å². The van der Waals surface area contributed by atoms with Crippen molar-refractivity contribution in [3.63, 3.8) is 0 Å². The van der Waals surface area contributed by atoms with Crippen LogP contribution in [0, 0.1) is 0 Å². The molecule has 1 N–H and O–H groups in total. The Labute approximate surface area is 76.3 Å². The molecule has 0 saturated carbocycles. The van der Waals surface area contributed by atoms with E-state index in [1.807, 2.05) is 0 Å². The van der Waals surface area contributed by atoms with Crippen LogP contribution in [0.4, 0.5) is 0 Å². The van der Waals surface area contributed by atoms with Gasteiger partial charge in [0, 0.05) is 6.54 Å². The van der Waals surface area contributed by atoms with Crippen LogP contribution >= 0.6 is 9.35 Å². The van der Waals surface area contributed by atoms with Gasteiger partial charge in [-0.15, -0.1) is 0 Å². The average Bonchev–Trinajstić information content (AvgIpc) is 2.23. The molecule has 0 radical (unpaired) electrons. The molecule has 0 aliphatic carbocycles. The van der Waals surface area contributed by atoms with Crippen LogP contribution in [0.5, 0.6) is 0 Å². The summed E-state index contributed by atoms with van der Waals surface area (Å²) in [6.45, 7) is 2.08. The molecule has 0 bridgehead atoms. The van der Waals surface area contributed by atoms with Gasteiger partial charge in [0.1, 0.15) is 0 Å². The molecule has 0 fully saturated rings. The number of hydrogen-bond acceptors (Lipinski definition) is 5. The third kappa shape index (κ3) is 2.02. The lowest BCUT2D eigenvalue weighted by atomic mass is 10.5. The zero-order valence-electron chi connectivity index (χ0n) is 7.30. The Hall–Kier alpha value is -1.01. The SMILES string of the molecule is CCCN[SH](C=O)(C=O)(C=O)C=O. The molecule has 0 aliphatic heterocycles. The summed E-state index contributed by atoms with van der Waals surface area (Å²) in [4.78, 5) is 42.6. The fourth-order valence-corrected chi connectivity index (χ4v) is 2.00. The van der Waals surface area contributed by atoms with Crippen LogP contribution in [0.15, 0.2) is 0 Å². The fourth-order valence-electron chi connectivity index (χ4n) is 0.668. The second-order valence-electron chi connectivity index (χ2n) is 2.74. The highest BCUT2D eigenvalue weighted by molar-refractivity contribution is 8.81. The maximum atomic E-state index is 10.6. The zero-order chi connectivity index (χ0) is 10.4.